The van der Waals surface area contributed by atoms with Gasteiger partial charge in [0.2, 0.25) is 0 Å². The van der Waals surface area contributed by atoms with Crippen LogP contribution in [-0.4, -0.2) is 24.1 Å². The summed E-state index contributed by atoms with van der Waals surface area (Å²) in [7, 11) is 1.33. The first-order chi connectivity index (χ1) is 16.4. The summed E-state index contributed by atoms with van der Waals surface area (Å²) in [6.45, 7) is 2.54. The third-order valence-electron chi connectivity index (χ3n) is 6.02. The molecule has 2 heterocycles. The van der Waals surface area contributed by atoms with E-state index in [1.54, 1.807) is 17.0 Å². The zero-order valence-corrected chi connectivity index (χ0v) is 18.7. The first kappa shape index (κ1) is 21.9. The average Bonchev–Trinajstić information content (AvgIpc) is 3.26. The van der Waals surface area contributed by atoms with Crippen molar-refractivity contribution in [3.63, 3.8) is 0 Å². The molecule has 0 N–H and O–H groups in total. The molecule has 1 aliphatic heterocycles. The molecule has 3 aromatic carbocycles. The van der Waals surface area contributed by atoms with Gasteiger partial charge in [0.15, 0.2) is 5.58 Å². The number of ether oxygens (including phenoxy) is 2. The molecule has 34 heavy (non-hydrogen) atoms. The molecule has 174 valence electrons. The number of nitrogens with zero attached hydrogens (tertiary/aromatic N) is 2. The average molecular weight is 464 g/mol. The highest BCUT2D eigenvalue weighted by molar-refractivity contribution is 5.82. The van der Waals surface area contributed by atoms with Gasteiger partial charge in [-0.15, -0.1) is 0 Å². The Morgan fingerprint density at radius 3 is 2.65 bits per heavy atom. The molecule has 4 aromatic rings. The highest BCUT2D eigenvalue weighted by Gasteiger charge is 2.37. The van der Waals surface area contributed by atoms with Gasteiger partial charge in [0.05, 0.1) is 7.11 Å². The highest BCUT2D eigenvalue weighted by Crippen LogP contribution is 2.37. The number of halogens is 2. The van der Waals surface area contributed by atoms with E-state index in [1.807, 2.05) is 19.1 Å². The third kappa shape index (κ3) is 4.07. The summed E-state index contributed by atoms with van der Waals surface area (Å²) in [5, 5.41) is 0. The molecule has 1 atom stereocenters. The second-order valence-electron chi connectivity index (χ2n) is 8.24. The number of anilines is 1. The number of rotatable bonds is 5. The van der Waals surface area contributed by atoms with Crippen LogP contribution in [0.5, 0.6) is 5.75 Å². The molecule has 1 aromatic heterocycles. The molecule has 0 bridgehead atoms. The van der Waals surface area contributed by atoms with Crippen LogP contribution in [0.1, 0.15) is 22.3 Å². The molecular formula is C26H22F2N2O4. The fourth-order valence-corrected chi connectivity index (χ4v) is 4.25. The zero-order chi connectivity index (χ0) is 23.8. The number of carbonyl (C=O) groups excluding carboxylic acids is 1. The Kier molecular flexibility index (Phi) is 5.65. The number of carbonyl (C=O) groups is 1. The van der Waals surface area contributed by atoms with Crippen molar-refractivity contribution in [2.45, 2.75) is 32.5 Å². The molecule has 0 unspecified atom stereocenters. The Bertz CT molecular complexity index is 1370. The predicted molar refractivity (Wildman–Crippen MR) is 122 cm³/mol. The molecular weight excluding hydrogens is 442 g/mol. The maximum Gasteiger partial charge on any atom is 0.329 e. The third-order valence-corrected chi connectivity index (χ3v) is 6.02. The minimum absolute atomic E-state index is 0.219. The van der Waals surface area contributed by atoms with E-state index in [2.05, 4.69) is 4.98 Å². The maximum atomic E-state index is 13.6. The van der Waals surface area contributed by atoms with E-state index in [4.69, 9.17) is 13.9 Å². The molecule has 0 amide bonds. The Labute approximate surface area is 194 Å². The number of hydrogen-bond acceptors (Lipinski definition) is 6. The molecule has 0 fully saturated rings. The molecule has 0 radical (unpaired) electrons. The number of aromatic nitrogens is 1. The smallest absolute Gasteiger partial charge is 0.329 e. The van der Waals surface area contributed by atoms with E-state index in [1.165, 1.54) is 37.4 Å². The lowest BCUT2D eigenvalue weighted by atomic mass is 9.91. The highest BCUT2D eigenvalue weighted by atomic mass is 19.1. The van der Waals surface area contributed by atoms with E-state index in [9.17, 15) is 13.6 Å². The normalized spacial score (nSPS) is 15.3. The van der Waals surface area contributed by atoms with Crippen LogP contribution in [0.25, 0.3) is 11.1 Å². The van der Waals surface area contributed by atoms with Crippen molar-refractivity contribution < 1.29 is 27.5 Å². The lowest BCUT2D eigenvalue weighted by Gasteiger charge is -2.35. The summed E-state index contributed by atoms with van der Waals surface area (Å²) < 4.78 is 43.9. The largest absolute Gasteiger partial charge is 0.488 e. The Hall–Kier alpha value is -3.94. The molecule has 8 heteroatoms. The SMILES string of the molecule is COC(=O)[C@@H]1Cc2c(ccc(C)c2OCc2ccc(F)cc2)CN1c1nc2ccc(F)cc2o1. The quantitative estimate of drug-likeness (QED) is 0.383. The number of fused-ring (bicyclic) bond motifs is 2. The fraction of sp³-hybridized carbons (Fsp3) is 0.231. The molecule has 0 saturated carbocycles. The Morgan fingerprint density at radius 1 is 1.12 bits per heavy atom. The standard InChI is InChI=1S/C26H22F2N2O4/c1-15-3-6-17-13-30(26-29-21-10-9-19(28)11-23(21)34-26)22(25(31)32-2)12-20(17)24(15)33-14-16-4-7-18(27)8-5-16/h3-11,22H,12-14H2,1-2H3/t22-/m0/s1. The number of methoxy groups -OCH3 is 1. The van der Waals surface area contributed by atoms with Crippen molar-refractivity contribution >= 4 is 23.1 Å². The summed E-state index contributed by atoms with van der Waals surface area (Å²) in [4.78, 5) is 19.0. The van der Waals surface area contributed by atoms with E-state index < -0.39 is 17.8 Å². The fourth-order valence-electron chi connectivity index (χ4n) is 4.25. The van der Waals surface area contributed by atoms with Crippen LogP contribution in [-0.2, 0) is 29.1 Å². The Balaban J connectivity index is 1.50. The van der Waals surface area contributed by atoms with Crippen molar-refractivity contribution in [3.05, 3.63) is 88.5 Å². The van der Waals surface area contributed by atoms with Crippen LogP contribution in [0, 0.1) is 18.6 Å². The van der Waals surface area contributed by atoms with Crippen molar-refractivity contribution in [2.75, 3.05) is 12.0 Å². The lowest BCUT2D eigenvalue weighted by molar-refractivity contribution is -0.142. The van der Waals surface area contributed by atoms with Gasteiger partial charge >= 0.3 is 5.97 Å². The van der Waals surface area contributed by atoms with Gasteiger partial charge in [-0.1, -0.05) is 24.3 Å². The van der Waals surface area contributed by atoms with Crippen molar-refractivity contribution in [3.8, 4) is 5.75 Å². The van der Waals surface area contributed by atoms with Gasteiger partial charge in [-0.05, 0) is 47.9 Å². The first-order valence-electron chi connectivity index (χ1n) is 10.8. The minimum Gasteiger partial charge on any atom is -0.488 e. The monoisotopic (exact) mass is 464 g/mol. The van der Waals surface area contributed by atoms with Gasteiger partial charge in [-0.3, -0.25) is 0 Å². The van der Waals surface area contributed by atoms with Crippen LogP contribution >= 0.6 is 0 Å². The van der Waals surface area contributed by atoms with Crippen molar-refractivity contribution in [1.82, 2.24) is 4.98 Å². The van der Waals surface area contributed by atoms with E-state index in [0.29, 0.717) is 29.8 Å². The first-order valence-corrected chi connectivity index (χ1v) is 10.8. The maximum absolute atomic E-state index is 13.6. The van der Waals surface area contributed by atoms with Gasteiger partial charge in [-0.2, -0.15) is 4.98 Å². The molecule has 1 aliphatic rings. The molecule has 0 saturated heterocycles. The van der Waals surface area contributed by atoms with Crippen LogP contribution in [0.2, 0.25) is 0 Å². The van der Waals surface area contributed by atoms with Crippen molar-refractivity contribution in [1.29, 1.82) is 0 Å². The van der Waals surface area contributed by atoms with Crippen LogP contribution < -0.4 is 9.64 Å². The number of oxazole rings is 1. The van der Waals surface area contributed by atoms with Crippen LogP contribution in [0.4, 0.5) is 14.8 Å². The van der Waals surface area contributed by atoms with Gasteiger partial charge in [-0.25, -0.2) is 13.6 Å². The van der Waals surface area contributed by atoms with Gasteiger partial charge in [0.1, 0.15) is 35.5 Å². The number of aryl methyl sites for hydroxylation is 1. The van der Waals surface area contributed by atoms with Crippen LogP contribution in [0.3, 0.4) is 0 Å². The van der Waals surface area contributed by atoms with Gasteiger partial charge < -0.3 is 18.8 Å². The summed E-state index contributed by atoms with van der Waals surface area (Å²) in [5.74, 6) is -0.484. The second kappa shape index (κ2) is 8.78. The summed E-state index contributed by atoms with van der Waals surface area (Å²) in [6.07, 6.45) is 0.315. The van der Waals surface area contributed by atoms with Gasteiger partial charge in [0, 0.05) is 24.6 Å². The topological polar surface area (TPSA) is 64.8 Å². The predicted octanol–water partition coefficient (Wildman–Crippen LogP) is 5.10. The lowest BCUT2D eigenvalue weighted by Crippen LogP contribution is -2.46. The molecule has 6 nitrogen and oxygen atoms in total. The summed E-state index contributed by atoms with van der Waals surface area (Å²) >= 11 is 0. The number of hydrogen-bond donors (Lipinski definition) is 0. The molecule has 0 spiro atoms. The summed E-state index contributed by atoms with van der Waals surface area (Å²) in [6, 6.07) is 13.7. The minimum atomic E-state index is -0.703. The van der Waals surface area contributed by atoms with Crippen LogP contribution in [0.15, 0.2) is 59.0 Å². The zero-order valence-electron chi connectivity index (χ0n) is 18.7. The number of benzene rings is 3. The Morgan fingerprint density at radius 2 is 1.88 bits per heavy atom. The van der Waals surface area contributed by atoms with Crippen molar-refractivity contribution in [2.24, 2.45) is 0 Å². The van der Waals surface area contributed by atoms with Gasteiger partial charge in [0.25, 0.3) is 6.01 Å². The second-order valence-corrected chi connectivity index (χ2v) is 8.24. The number of esters is 1. The van der Waals surface area contributed by atoms with E-state index >= 15 is 0 Å². The molecule has 5 rings (SSSR count). The summed E-state index contributed by atoms with van der Waals surface area (Å²) in [5.41, 5.74) is 4.41. The molecule has 0 aliphatic carbocycles. The van der Waals surface area contributed by atoms with E-state index in [-0.39, 0.29) is 18.4 Å². The van der Waals surface area contributed by atoms with E-state index in [0.717, 1.165) is 22.3 Å².